The van der Waals surface area contributed by atoms with E-state index in [0.717, 1.165) is 9.26 Å². The molecule has 0 aliphatic heterocycles. The highest BCUT2D eigenvalue weighted by Gasteiger charge is 2.11. The number of anilines is 1. The molecular weight excluding hydrogens is 351 g/mol. The Bertz CT molecular complexity index is 409. The summed E-state index contributed by atoms with van der Waals surface area (Å²) in [5.41, 5.74) is 0.789. The molecule has 1 aromatic carbocycles. The summed E-state index contributed by atoms with van der Waals surface area (Å²) in [6, 6.07) is 5.90. The lowest BCUT2D eigenvalue weighted by molar-refractivity contribution is -0.129. The Hall–Kier alpha value is -0.490. The van der Waals surface area contributed by atoms with Crippen molar-refractivity contribution in [2.24, 2.45) is 0 Å². The van der Waals surface area contributed by atoms with Crippen LogP contribution in [0.3, 0.4) is 0 Å². The van der Waals surface area contributed by atoms with E-state index >= 15 is 0 Å². The predicted octanol–water partition coefficient (Wildman–Crippen LogP) is 3.22. The molecule has 0 aliphatic rings. The maximum atomic E-state index is 11.8. The minimum atomic E-state index is 0.0506. The normalized spacial score (nSPS) is 10.5. The fourth-order valence-corrected chi connectivity index (χ4v) is 2.14. The van der Waals surface area contributed by atoms with E-state index in [2.05, 4.69) is 27.9 Å². The van der Waals surface area contributed by atoms with Crippen molar-refractivity contribution in [1.82, 2.24) is 4.90 Å². The van der Waals surface area contributed by atoms with Crippen LogP contribution >= 0.6 is 34.2 Å². The summed E-state index contributed by atoms with van der Waals surface area (Å²) < 4.78 is 1.07. The van der Waals surface area contributed by atoms with E-state index in [0.29, 0.717) is 5.02 Å². The fraction of sp³-hybridized carbons (Fsp3) is 0.417. The van der Waals surface area contributed by atoms with Crippen LogP contribution in [-0.4, -0.2) is 30.4 Å². The van der Waals surface area contributed by atoms with E-state index < -0.39 is 0 Å². The van der Waals surface area contributed by atoms with Gasteiger partial charge in [-0.05, 0) is 54.6 Å². The average molecular weight is 367 g/mol. The quantitative estimate of drug-likeness (QED) is 0.830. The van der Waals surface area contributed by atoms with Crippen LogP contribution in [0.2, 0.25) is 5.02 Å². The van der Waals surface area contributed by atoms with Crippen molar-refractivity contribution in [1.29, 1.82) is 0 Å². The number of hydrogen-bond donors (Lipinski definition) is 1. The van der Waals surface area contributed by atoms with Crippen LogP contribution in [0, 0.1) is 3.57 Å². The fourth-order valence-electron chi connectivity index (χ4n) is 1.22. The standard InChI is InChI=1S/C12H16ClIN2O/c1-8(2)16(3)12(17)7-15-11-5-4-9(14)6-10(11)13/h4-6,8,15H,7H2,1-3H3. The summed E-state index contributed by atoms with van der Waals surface area (Å²) in [6.07, 6.45) is 0. The van der Waals surface area contributed by atoms with Gasteiger partial charge in [0.05, 0.1) is 17.3 Å². The van der Waals surface area contributed by atoms with Crippen LogP contribution in [0.4, 0.5) is 5.69 Å². The molecular formula is C12H16ClIN2O. The van der Waals surface area contributed by atoms with Crippen molar-refractivity contribution >= 4 is 45.8 Å². The summed E-state index contributed by atoms with van der Waals surface area (Å²) in [5, 5.41) is 3.69. The highest BCUT2D eigenvalue weighted by Crippen LogP contribution is 2.23. The van der Waals surface area contributed by atoms with Crippen LogP contribution in [-0.2, 0) is 4.79 Å². The Balaban J connectivity index is 2.59. The molecule has 3 nitrogen and oxygen atoms in total. The third-order valence-corrected chi connectivity index (χ3v) is 3.51. The number of amides is 1. The first kappa shape index (κ1) is 14.6. The molecule has 1 N–H and O–H groups in total. The van der Waals surface area contributed by atoms with Crippen LogP contribution in [0.15, 0.2) is 18.2 Å². The second-order valence-corrected chi connectivity index (χ2v) is 5.73. The van der Waals surface area contributed by atoms with Gasteiger partial charge in [0.15, 0.2) is 0 Å². The van der Waals surface area contributed by atoms with Gasteiger partial charge in [-0.2, -0.15) is 0 Å². The molecule has 1 rings (SSSR count). The summed E-state index contributed by atoms with van der Waals surface area (Å²) in [5.74, 6) is 0.0506. The van der Waals surface area contributed by atoms with Crippen molar-refractivity contribution < 1.29 is 4.79 Å². The molecule has 0 radical (unpaired) electrons. The number of likely N-dealkylation sites (N-methyl/N-ethyl adjacent to an activating group) is 1. The second-order valence-electron chi connectivity index (χ2n) is 4.08. The molecule has 17 heavy (non-hydrogen) atoms. The molecule has 0 bridgehead atoms. The number of halogens is 2. The average Bonchev–Trinajstić information content (AvgIpc) is 2.26. The molecule has 0 aromatic heterocycles. The molecule has 0 heterocycles. The van der Waals surface area contributed by atoms with E-state index in [1.807, 2.05) is 32.0 Å². The highest BCUT2D eigenvalue weighted by atomic mass is 127. The van der Waals surface area contributed by atoms with Crippen LogP contribution in [0.1, 0.15) is 13.8 Å². The molecule has 1 amide bonds. The lowest BCUT2D eigenvalue weighted by atomic mass is 10.3. The van der Waals surface area contributed by atoms with Gasteiger partial charge in [0, 0.05) is 16.7 Å². The van der Waals surface area contributed by atoms with Crippen molar-refractivity contribution in [3.8, 4) is 0 Å². The zero-order valence-corrected chi connectivity index (χ0v) is 13.0. The number of nitrogens with one attached hydrogen (secondary N) is 1. The van der Waals surface area contributed by atoms with Crippen molar-refractivity contribution in [3.05, 3.63) is 26.8 Å². The molecule has 0 spiro atoms. The van der Waals surface area contributed by atoms with E-state index in [1.165, 1.54) is 0 Å². The van der Waals surface area contributed by atoms with E-state index in [4.69, 9.17) is 11.6 Å². The van der Waals surface area contributed by atoms with Gasteiger partial charge in [-0.15, -0.1) is 0 Å². The Morgan fingerprint density at radius 2 is 2.18 bits per heavy atom. The Morgan fingerprint density at radius 3 is 2.71 bits per heavy atom. The number of nitrogens with zero attached hydrogens (tertiary/aromatic N) is 1. The van der Waals surface area contributed by atoms with Gasteiger partial charge in [-0.25, -0.2) is 0 Å². The van der Waals surface area contributed by atoms with Crippen LogP contribution in [0.5, 0.6) is 0 Å². The van der Waals surface area contributed by atoms with Gasteiger partial charge < -0.3 is 10.2 Å². The molecule has 1 aromatic rings. The van der Waals surface area contributed by atoms with Crippen molar-refractivity contribution in [2.45, 2.75) is 19.9 Å². The predicted molar refractivity (Wildman–Crippen MR) is 80.6 cm³/mol. The molecule has 0 saturated carbocycles. The van der Waals surface area contributed by atoms with Crippen LogP contribution < -0.4 is 5.32 Å². The van der Waals surface area contributed by atoms with Gasteiger partial charge in [-0.1, -0.05) is 11.6 Å². The van der Waals surface area contributed by atoms with E-state index in [9.17, 15) is 4.79 Å². The number of rotatable bonds is 4. The number of carbonyl (C=O) groups excluding carboxylic acids is 1. The molecule has 5 heteroatoms. The summed E-state index contributed by atoms with van der Waals surface area (Å²) in [4.78, 5) is 13.5. The Morgan fingerprint density at radius 1 is 1.53 bits per heavy atom. The lowest BCUT2D eigenvalue weighted by Crippen LogP contribution is -2.37. The summed E-state index contributed by atoms with van der Waals surface area (Å²) in [7, 11) is 1.80. The smallest absolute Gasteiger partial charge is 0.241 e. The summed E-state index contributed by atoms with van der Waals surface area (Å²) in [6.45, 7) is 4.22. The maximum Gasteiger partial charge on any atom is 0.241 e. The number of carbonyl (C=O) groups is 1. The van der Waals surface area contributed by atoms with Gasteiger partial charge >= 0.3 is 0 Å². The van der Waals surface area contributed by atoms with Gasteiger partial charge in [-0.3, -0.25) is 4.79 Å². The molecule has 0 saturated heterocycles. The Labute approximate surface area is 121 Å². The first-order valence-electron chi connectivity index (χ1n) is 5.36. The molecule has 0 fully saturated rings. The van der Waals surface area contributed by atoms with Crippen LogP contribution in [0.25, 0.3) is 0 Å². The topological polar surface area (TPSA) is 32.3 Å². The van der Waals surface area contributed by atoms with Gasteiger partial charge in [0.25, 0.3) is 0 Å². The van der Waals surface area contributed by atoms with E-state index in [1.54, 1.807) is 11.9 Å². The highest BCUT2D eigenvalue weighted by molar-refractivity contribution is 14.1. The Kier molecular flexibility index (Phi) is 5.52. The van der Waals surface area contributed by atoms with Crippen molar-refractivity contribution in [3.63, 3.8) is 0 Å². The van der Waals surface area contributed by atoms with Crippen molar-refractivity contribution in [2.75, 3.05) is 18.9 Å². The van der Waals surface area contributed by atoms with Gasteiger partial charge in [0.1, 0.15) is 0 Å². The first-order chi connectivity index (χ1) is 7.91. The number of benzene rings is 1. The largest absolute Gasteiger partial charge is 0.375 e. The first-order valence-corrected chi connectivity index (χ1v) is 6.82. The molecule has 0 atom stereocenters. The van der Waals surface area contributed by atoms with E-state index in [-0.39, 0.29) is 18.5 Å². The second kappa shape index (κ2) is 6.44. The lowest BCUT2D eigenvalue weighted by Gasteiger charge is -2.22. The van der Waals surface area contributed by atoms with Gasteiger partial charge in [0.2, 0.25) is 5.91 Å². The third-order valence-electron chi connectivity index (χ3n) is 2.53. The minimum absolute atomic E-state index is 0.0506. The molecule has 0 unspecified atom stereocenters. The maximum absolute atomic E-state index is 11.8. The molecule has 0 aliphatic carbocycles. The monoisotopic (exact) mass is 366 g/mol. The zero-order chi connectivity index (χ0) is 13.0. The molecule has 94 valence electrons. The number of hydrogen-bond acceptors (Lipinski definition) is 2. The zero-order valence-electron chi connectivity index (χ0n) is 10.1. The minimum Gasteiger partial charge on any atom is -0.375 e. The SMILES string of the molecule is CC(C)N(C)C(=O)CNc1ccc(I)cc1Cl. The third kappa shape index (κ3) is 4.35. The summed E-state index contributed by atoms with van der Waals surface area (Å²) >= 11 is 8.26.